The first kappa shape index (κ1) is 31.8. The van der Waals surface area contributed by atoms with Crippen molar-refractivity contribution in [1.82, 2.24) is 9.88 Å². The minimum Gasteiger partial charge on any atom is -0.453 e. The molecule has 0 radical (unpaired) electrons. The predicted molar refractivity (Wildman–Crippen MR) is 163 cm³/mol. The van der Waals surface area contributed by atoms with Crippen LogP contribution in [-0.4, -0.2) is 54.6 Å². The third-order valence-corrected chi connectivity index (χ3v) is 8.24. The molecular weight excluding hydrogens is 609 g/mol. The molecule has 3 atom stereocenters. The molecule has 2 aliphatic rings. The summed E-state index contributed by atoms with van der Waals surface area (Å²) < 4.78 is 30.9. The van der Waals surface area contributed by atoms with E-state index >= 15 is 0 Å². The van der Waals surface area contributed by atoms with E-state index in [0.29, 0.717) is 60.6 Å². The number of anilines is 3. The van der Waals surface area contributed by atoms with Crippen LogP contribution in [0.4, 0.5) is 31.0 Å². The van der Waals surface area contributed by atoms with Gasteiger partial charge in [-0.1, -0.05) is 24.9 Å². The predicted octanol–water partition coefficient (Wildman–Crippen LogP) is 6.70. The fourth-order valence-electron chi connectivity index (χ4n) is 5.46. The van der Waals surface area contributed by atoms with Gasteiger partial charge in [0.2, 0.25) is 17.7 Å². The summed E-state index contributed by atoms with van der Waals surface area (Å²) in [6, 6.07) is 7.80. The molecule has 4 amide bonds. The van der Waals surface area contributed by atoms with Gasteiger partial charge >= 0.3 is 12.2 Å². The van der Waals surface area contributed by atoms with Gasteiger partial charge in [-0.15, -0.1) is 0 Å². The average molecular weight is 642 g/mol. The molecule has 0 saturated carbocycles. The van der Waals surface area contributed by atoms with Crippen LogP contribution in [0, 0.1) is 11.7 Å². The summed E-state index contributed by atoms with van der Waals surface area (Å²) in [5.74, 6) is -1.60. The van der Waals surface area contributed by atoms with Gasteiger partial charge < -0.3 is 24.1 Å². The number of rotatable bonds is 6. The van der Waals surface area contributed by atoms with E-state index in [0.717, 1.165) is 0 Å². The third kappa shape index (κ3) is 7.03. The van der Waals surface area contributed by atoms with Crippen LogP contribution in [0.2, 0.25) is 5.02 Å². The molecule has 3 heterocycles. The highest BCUT2D eigenvalue weighted by Crippen LogP contribution is 2.39. The van der Waals surface area contributed by atoms with Crippen molar-refractivity contribution in [2.75, 3.05) is 36.7 Å². The zero-order valence-electron chi connectivity index (χ0n) is 24.9. The minimum atomic E-state index is -0.859. The molecule has 0 saturated heterocycles. The van der Waals surface area contributed by atoms with Gasteiger partial charge in [-0.2, -0.15) is 0 Å². The number of nitrogens with one attached hydrogen (secondary N) is 3. The highest BCUT2D eigenvalue weighted by molar-refractivity contribution is 6.31. The van der Waals surface area contributed by atoms with Crippen molar-refractivity contribution in [1.29, 1.82) is 0 Å². The minimum absolute atomic E-state index is 0.0775. The van der Waals surface area contributed by atoms with E-state index in [1.165, 1.54) is 25.4 Å². The summed E-state index contributed by atoms with van der Waals surface area (Å²) in [7, 11) is 2.91. The lowest BCUT2D eigenvalue weighted by molar-refractivity contribution is -0.132. The quantitative estimate of drug-likeness (QED) is 0.269. The van der Waals surface area contributed by atoms with Gasteiger partial charge in [-0.05, 0) is 56.0 Å². The van der Waals surface area contributed by atoms with Crippen LogP contribution in [0.3, 0.4) is 0 Å². The first-order valence-corrected chi connectivity index (χ1v) is 14.9. The molecule has 3 aromatic rings. The number of ether oxygens (including phenoxy) is 2. The maximum absolute atomic E-state index is 14.8. The van der Waals surface area contributed by atoms with Gasteiger partial charge in [-0.25, -0.2) is 19.0 Å². The molecule has 2 aromatic carbocycles. The number of carbonyl (C=O) groups excluding carboxylic acids is 4. The topological polar surface area (TPSA) is 152 Å². The van der Waals surface area contributed by atoms with Crippen LogP contribution < -0.4 is 16.0 Å². The molecule has 45 heavy (non-hydrogen) atoms. The molecular formula is C31H33ClFN5O7. The number of hydrogen-bond donors (Lipinski definition) is 3. The molecule has 2 aliphatic heterocycles. The van der Waals surface area contributed by atoms with Crippen molar-refractivity contribution in [3.05, 3.63) is 58.8 Å². The van der Waals surface area contributed by atoms with E-state index in [1.54, 1.807) is 30.1 Å². The highest BCUT2D eigenvalue weighted by Gasteiger charge is 2.32. The molecule has 1 aromatic heterocycles. The van der Waals surface area contributed by atoms with Crippen molar-refractivity contribution >= 4 is 52.7 Å². The van der Waals surface area contributed by atoms with E-state index in [9.17, 15) is 23.6 Å². The number of methoxy groups -OCH3 is 1. The number of fused-ring (bicyclic) bond motifs is 5. The molecule has 3 unspecified atom stereocenters. The number of oxazole rings is 1. The van der Waals surface area contributed by atoms with Crippen molar-refractivity contribution in [2.45, 2.75) is 51.0 Å². The molecule has 238 valence electrons. The average Bonchev–Trinajstić information content (AvgIpc) is 3.49. The van der Waals surface area contributed by atoms with Crippen molar-refractivity contribution < 1.29 is 37.5 Å². The van der Waals surface area contributed by atoms with E-state index < -0.39 is 30.0 Å². The maximum Gasteiger partial charge on any atom is 0.412 e. The Morgan fingerprint density at radius 1 is 1.18 bits per heavy atom. The zero-order valence-corrected chi connectivity index (χ0v) is 25.7. The second kappa shape index (κ2) is 13.6. The molecule has 5 rings (SSSR count). The van der Waals surface area contributed by atoms with E-state index in [1.807, 2.05) is 6.92 Å². The monoisotopic (exact) mass is 641 g/mol. The van der Waals surface area contributed by atoms with Gasteiger partial charge in [0.15, 0.2) is 11.6 Å². The zero-order chi connectivity index (χ0) is 32.2. The van der Waals surface area contributed by atoms with E-state index in [-0.39, 0.29) is 40.6 Å². The third-order valence-electron chi connectivity index (χ3n) is 7.95. The number of carbonyl (C=O) groups is 4. The first-order chi connectivity index (χ1) is 21.5. The fraction of sp³-hybridized carbons (Fsp3) is 0.387. The molecule has 0 spiro atoms. The lowest BCUT2D eigenvalue weighted by Crippen LogP contribution is -2.33. The van der Waals surface area contributed by atoms with Gasteiger partial charge in [0, 0.05) is 30.8 Å². The fourth-order valence-corrected chi connectivity index (χ4v) is 5.63. The van der Waals surface area contributed by atoms with Gasteiger partial charge in [0.05, 0.1) is 35.3 Å². The number of likely N-dealkylation sites (N-methyl/N-ethyl adjacent to an activating group) is 1. The van der Waals surface area contributed by atoms with Crippen molar-refractivity contribution in [3.63, 3.8) is 0 Å². The van der Waals surface area contributed by atoms with Gasteiger partial charge in [0.25, 0.3) is 0 Å². The Hall–Kier alpha value is -4.65. The number of amides is 4. The standard InChI is InChI=1S/C31H33ClFN5O7/c1-16-6-4-7-19(28-34-15-24(44-28)18-10-9-17(35-30(41)43-3)14-22(18)36-27(16)39)29(40)38(2)13-5-8-23-25-21(37-31(42)45-23)12-11-20(32)26(25)33/h9-12,14-16,19,23H,4-8,13H2,1-3H3,(H,35,41)(H,36,39)(H,37,42). The molecule has 0 fully saturated rings. The van der Waals surface area contributed by atoms with Gasteiger partial charge in [0.1, 0.15) is 12.0 Å². The van der Waals surface area contributed by atoms with E-state index in [4.69, 9.17) is 20.8 Å². The second-order valence-corrected chi connectivity index (χ2v) is 11.5. The maximum atomic E-state index is 14.8. The normalized spacial score (nSPS) is 19.4. The molecule has 14 heteroatoms. The van der Waals surface area contributed by atoms with Crippen LogP contribution in [0.15, 0.2) is 40.9 Å². The number of aromatic nitrogens is 1. The number of nitrogens with zero attached hydrogens (tertiary/aromatic N) is 2. The smallest absolute Gasteiger partial charge is 0.412 e. The Morgan fingerprint density at radius 2 is 1.98 bits per heavy atom. The SMILES string of the molecule is COC(=O)Nc1ccc2c(c1)NC(=O)C(C)CCCC(C(=O)N(C)CCCC1OC(=O)Nc3ccc(Cl)c(F)c31)c1ncc-2o1. The van der Waals surface area contributed by atoms with Crippen LogP contribution in [-0.2, 0) is 19.1 Å². The first-order valence-electron chi connectivity index (χ1n) is 14.5. The Morgan fingerprint density at radius 3 is 2.76 bits per heavy atom. The number of benzene rings is 2. The Balaban J connectivity index is 1.33. The van der Waals surface area contributed by atoms with Crippen LogP contribution in [0.1, 0.15) is 62.5 Å². The highest BCUT2D eigenvalue weighted by atomic mass is 35.5. The Kier molecular flexibility index (Phi) is 9.57. The van der Waals surface area contributed by atoms with Crippen LogP contribution >= 0.6 is 11.6 Å². The molecule has 3 N–H and O–H groups in total. The van der Waals surface area contributed by atoms with E-state index in [2.05, 4.69) is 25.7 Å². The van der Waals surface area contributed by atoms with Gasteiger partial charge in [-0.3, -0.25) is 20.2 Å². The Bertz CT molecular complexity index is 1630. The molecule has 2 bridgehead atoms. The summed E-state index contributed by atoms with van der Waals surface area (Å²) in [5.41, 5.74) is 1.81. The lowest BCUT2D eigenvalue weighted by atomic mass is 9.95. The summed E-state index contributed by atoms with van der Waals surface area (Å²) in [6.07, 6.45) is 1.42. The Labute approximate surface area is 263 Å². The summed E-state index contributed by atoms with van der Waals surface area (Å²) in [6.45, 7) is 2.10. The van der Waals surface area contributed by atoms with Crippen molar-refractivity contribution in [3.8, 4) is 11.3 Å². The largest absolute Gasteiger partial charge is 0.453 e. The number of cyclic esters (lactones) is 1. The van der Waals surface area contributed by atoms with Crippen LogP contribution in [0.5, 0.6) is 0 Å². The van der Waals surface area contributed by atoms with Crippen LogP contribution in [0.25, 0.3) is 11.3 Å². The molecule has 0 aliphatic carbocycles. The summed E-state index contributed by atoms with van der Waals surface area (Å²) in [4.78, 5) is 56.5. The van der Waals surface area contributed by atoms with Crippen molar-refractivity contribution in [2.24, 2.45) is 5.92 Å². The number of halogens is 2. The molecule has 12 nitrogen and oxygen atoms in total. The lowest BCUT2D eigenvalue weighted by Gasteiger charge is -2.28. The second-order valence-electron chi connectivity index (χ2n) is 11.1. The summed E-state index contributed by atoms with van der Waals surface area (Å²) >= 11 is 5.97. The number of hydrogen-bond acceptors (Lipinski definition) is 8. The summed E-state index contributed by atoms with van der Waals surface area (Å²) in [5, 5.41) is 7.90.